The number of nitrogens with zero attached hydrogens (tertiary/aromatic N) is 2. The first-order valence-corrected chi connectivity index (χ1v) is 11.1. The quantitative estimate of drug-likeness (QED) is 0.139. The molecule has 3 aromatic rings. The molecular weight excluding hydrogens is 568 g/mol. The van der Waals surface area contributed by atoms with Crippen LogP contribution >= 0.6 is 45.8 Å². The van der Waals surface area contributed by atoms with Crippen LogP contribution in [0, 0.1) is 13.7 Å². The lowest BCUT2D eigenvalue weighted by Crippen LogP contribution is -2.07. The van der Waals surface area contributed by atoms with Gasteiger partial charge in [-0.2, -0.15) is 5.10 Å². The summed E-state index contributed by atoms with van der Waals surface area (Å²) in [5.74, 6) is 1.13. The number of non-ortho nitro benzene ring substituents is 1. The van der Waals surface area contributed by atoms with Gasteiger partial charge in [-0.3, -0.25) is 10.1 Å². The zero-order chi connectivity index (χ0) is 23.1. The number of nitro groups is 1. The van der Waals surface area contributed by atoms with Crippen LogP contribution in [-0.4, -0.2) is 18.2 Å². The number of nitro benzene ring substituents is 1. The Balaban J connectivity index is 1.66. The zero-order valence-corrected chi connectivity index (χ0v) is 20.5. The van der Waals surface area contributed by atoms with Crippen molar-refractivity contribution in [2.45, 2.75) is 13.2 Å². The van der Waals surface area contributed by atoms with Gasteiger partial charge in [0.1, 0.15) is 6.61 Å². The molecule has 0 heterocycles. The number of ether oxygens (including phenoxy) is 2. The molecule has 0 unspecified atom stereocenters. The highest BCUT2D eigenvalue weighted by atomic mass is 127. The third kappa shape index (κ3) is 6.24. The summed E-state index contributed by atoms with van der Waals surface area (Å²) in [6.07, 6.45) is 1.66. The van der Waals surface area contributed by atoms with E-state index in [1.54, 1.807) is 49.7 Å². The molecule has 32 heavy (non-hydrogen) atoms. The van der Waals surface area contributed by atoms with Gasteiger partial charge in [-0.1, -0.05) is 29.3 Å². The number of rotatable bonds is 9. The van der Waals surface area contributed by atoms with Crippen molar-refractivity contribution in [3.8, 4) is 11.5 Å². The number of hydrogen-bond donors (Lipinski definition) is 1. The minimum absolute atomic E-state index is 0.0370. The molecule has 0 saturated carbocycles. The largest absolute Gasteiger partial charge is 0.493 e. The minimum Gasteiger partial charge on any atom is -0.493 e. The van der Waals surface area contributed by atoms with Gasteiger partial charge in [0.2, 0.25) is 0 Å². The highest BCUT2D eigenvalue weighted by Gasteiger charge is 2.12. The normalized spacial score (nSPS) is 10.9. The van der Waals surface area contributed by atoms with E-state index in [9.17, 15) is 10.1 Å². The molecular formula is C22H18Cl2IN3O4. The molecule has 1 N–H and O–H groups in total. The summed E-state index contributed by atoms with van der Waals surface area (Å²) in [6, 6.07) is 15.3. The fraction of sp³-hybridized carbons (Fsp3) is 0.136. The van der Waals surface area contributed by atoms with Gasteiger partial charge in [0, 0.05) is 27.7 Å². The minimum atomic E-state index is -0.436. The SMILES string of the molecule is COc1cc(/C=N\NCc2c(Cl)cccc2Cl)cc(I)c1OCc1ccc([N+](=O)[O-])cc1. The fourth-order valence-electron chi connectivity index (χ4n) is 2.77. The Labute approximate surface area is 208 Å². The van der Waals surface area contributed by atoms with Crippen LogP contribution < -0.4 is 14.9 Å². The molecule has 0 saturated heterocycles. The Hall–Kier alpha value is -2.56. The predicted molar refractivity (Wildman–Crippen MR) is 134 cm³/mol. The lowest BCUT2D eigenvalue weighted by molar-refractivity contribution is -0.384. The van der Waals surface area contributed by atoms with E-state index in [1.165, 1.54) is 12.1 Å². The van der Waals surface area contributed by atoms with E-state index in [1.807, 2.05) is 6.07 Å². The van der Waals surface area contributed by atoms with Crippen molar-refractivity contribution >= 4 is 57.7 Å². The molecule has 0 aliphatic carbocycles. The third-order valence-electron chi connectivity index (χ3n) is 4.40. The van der Waals surface area contributed by atoms with Crippen LogP contribution in [-0.2, 0) is 13.2 Å². The lowest BCUT2D eigenvalue weighted by Gasteiger charge is -2.13. The third-order valence-corrected chi connectivity index (χ3v) is 5.91. The van der Waals surface area contributed by atoms with Gasteiger partial charge < -0.3 is 14.9 Å². The molecule has 3 rings (SSSR count). The van der Waals surface area contributed by atoms with E-state index in [2.05, 4.69) is 33.1 Å². The van der Waals surface area contributed by atoms with Gasteiger partial charge in [0.25, 0.3) is 5.69 Å². The number of hydrogen-bond acceptors (Lipinski definition) is 6. The summed E-state index contributed by atoms with van der Waals surface area (Å²) in [5.41, 5.74) is 5.37. The molecule has 7 nitrogen and oxygen atoms in total. The fourth-order valence-corrected chi connectivity index (χ4v) is 4.08. The van der Waals surface area contributed by atoms with Crippen LogP contribution in [0.4, 0.5) is 5.69 Å². The van der Waals surface area contributed by atoms with Gasteiger partial charge in [0.05, 0.1) is 28.4 Å². The number of halogens is 3. The maximum atomic E-state index is 10.8. The molecule has 3 aromatic carbocycles. The second kappa shape index (κ2) is 11.3. The average molecular weight is 586 g/mol. The Kier molecular flexibility index (Phi) is 8.54. The maximum absolute atomic E-state index is 10.8. The Morgan fingerprint density at radius 2 is 1.84 bits per heavy atom. The monoisotopic (exact) mass is 585 g/mol. The molecule has 0 radical (unpaired) electrons. The summed E-state index contributed by atoms with van der Waals surface area (Å²) >= 11 is 14.5. The van der Waals surface area contributed by atoms with Crippen LogP contribution in [0.2, 0.25) is 10.0 Å². The van der Waals surface area contributed by atoms with E-state index in [-0.39, 0.29) is 12.3 Å². The summed E-state index contributed by atoms with van der Waals surface area (Å²) in [4.78, 5) is 10.3. The first-order valence-electron chi connectivity index (χ1n) is 9.31. The molecule has 0 atom stereocenters. The van der Waals surface area contributed by atoms with E-state index in [0.29, 0.717) is 28.1 Å². The van der Waals surface area contributed by atoms with Crippen LogP contribution in [0.1, 0.15) is 16.7 Å². The van der Waals surface area contributed by atoms with Gasteiger partial charge in [-0.15, -0.1) is 0 Å². The molecule has 0 fully saturated rings. The van der Waals surface area contributed by atoms with Crippen molar-refractivity contribution in [1.29, 1.82) is 0 Å². The second-order valence-electron chi connectivity index (χ2n) is 6.54. The molecule has 0 aliphatic rings. The first-order chi connectivity index (χ1) is 15.4. The highest BCUT2D eigenvalue weighted by Crippen LogP contribution is 2.34. The van der Waals surface area contributed by atoms with Gasteiger partial charge in [-0.25, -0.2) is 0 Å². The zero-order valence-electron chi connectivity index (χ0n) is 16.8. The van der Waals surface area contributed by atoms with Crippen molar-refractivity contribution in [3.05, 3.63) is 95.0 Å². The van der Waals surface area contributed by atoms with Crippen LogP contribution in [0.3, 0.4) is 0 Å². The van der Waals surface area contributed by atoms with E-state index < -0.39 is 4.92 Å². The van der Waals surface area contributed by atoms with Gasteiger partial charge >= 0.3 is 0 Å². The summed E-state index contributed by atoms with van der Waals surface area (Å²) in [6.45, 7) is 0.637. The maximum Gasteiger partial charge on any atom is 0.269 e. The second-order valence-corrected chi connectivity index (χ2v) is 8.52. The molecule has 166 valence electrons. The Bertz CT molecular complexity index is 1120. The van der Waals surface area contributed by atoms with E-state index in [4.69, 9.17) is 32.7 Å². The smallest absolute Gasteiger partial charge is 0.269 e. The van der Waals surface area contributed by atoms with E-state index >= 15 is 0 Å². The van der Waals surface area contributed by atoms with Crippen LogP contribution in [0.15, 0.2) is 59.7 Å². The lowest BCUT2D eigenvalue weighted by atomic mass is 10.2. The highest BCUT2D eigenvalue weighted by molar-refractivity contribution is 14.1. The molecule has 0 spiro atoms. The molecule has 0 amide bonds. The number of hydrazone groups is 1. The topological polar surface area (TPSA) is 86.0 Å². The van der Waals surface area contributed by atoms with E-state index in [0.717, 1.165) is 20.3 Å². The van der Waals surface area contributed by atoms with Crippen molar-refractivity contribution in [1.82, 2.24) is 5.43 Å². The van der Waals surface area contributed by atoms with Crippen molar-refractivity contribution in [2.24, 2.45) is 5.10 Å². The molecule has 0 aliphatic heterocycles. The number of methoxy groups -OCH3 is 1. The molecule has 10 heteroatoms. The number of nitrogens with one attached hydrogen (secondary N) is 1. The number of benzene rings is 3. The molecule has 0 aromatic heterocycles. The van der Waals surface area contributed by atoms with Gasteiger partial charge in [0.15, 0.2) is 11.5 Å². The Morgan fingerprint density at radius 1 is 1.16 bits per heavy atom. The summed E-state index contributed by atoms with van der Waals surface area (Å²) in [7, 11) is 1.56. The van der Waals surface area contributed by atoms with Gasteiger partial charge in [-0.05, 0) is 70.1 Å². The van der Waals surface area contributed by atoms with Crippen LogP contribution in [0.5, 0.6) is 11.5 Å². The van der Waals surface area contributed by atoms with Crippen molar-refractivity contribution in [3.63, 3.8) is 0 Å². The summed E-state index contributed by atoms with van der Waals surface area (Å²) < 4.78 is 12.2. The van der Waals surface area contributed by atoms with Crippen molar-refractivity contribution < 1.29 is 14.4 Å². The average Bonchev–Trinajstić information content (AvgIpc) is 2.77. The first kappa shape index (κ1) is 24.1. The summed E-state index contributed by atoms with van der Waals surface area (Å²) in [5, 5.41) is 16.2. The van der Waals surface area contributed by atoms with Crippen molar-refractivity contribution in [2.75, 3.05) is 7.11 Å². The predicted octanol–water partition coefficient (Wildman–Crippen LogP) is 6.22. The standard InChI is InChI=1S/C22H18Cl2IN3O4/c1-31-21-10-15(11-26-27-12-17-18(23)3-2-4-19(17)24)9-20(25)22(21)32-13-14-5-7-16(8-6-14)28(29)30/h2-11,27H,12-13H2,1H3/b26-11-. The Morgan fingerprint density at radius 3 is 2.47 bits per heavy atom. The van der Waals surface area contributed by atoms with Crippen LogP contribution in [0.25, 0.3) is 0 Å². The molecule has 0 bridgehead atoms.